The molecule has 0 nitrogen and oxygen atoms in total. The van der Waals surface area contributed by atoms with E-state index in [1.54, 1.807) is 5.19 Å². The minimum Gasteiger partial charge on any atom is -0.0726 e. The Hall–Kier alpha value is -1.34. The quantitative estimate of drug-likeness (QED) is 0.652. The molecule has 3 rings (SSSR count). The van der Waals surface area contributed by atoms with Crippen molar-refractivity contribution in [1.29, 1.82) is 0 Å². The summed E-state index contributed by atoms with van der Waals surface area (Å²) >= 11 is 0. The van der Waals surface area contributed by atoms with Gasteiger partial charge in [0.05, 0.1) is 8.07 Å². The van der Waals surface area contributed by atoms with Crippen LogP contribution in [0.5, 0.6) is 0 Å². The van der Waals surface area contributed by atoms with Crippen LogP contribution >= 0.6 is 0 Å². The molecule has 1 unspecified atom stereocenters. The lowest BCUT2D eigenvalue weighted by Gasteiger charge is -2.18. The molecular formula is C16H18Si. The van der Waals surface area contributed by atoms with Gasteiger partial charge < -0.3 is 0 Å². The third-order valence-corrected chi connectivity index (χ3v) is 5.72. The average molecular weight is 238 g/mol. The Labute approximate surface area is 104 Å². The lowest BCUT2D eigenvalue weighted by molar-refractivity contribution is 1.05. The van der Waals surface area contributed by atoms with Gasteiger partial charge in [-0.1, -0.05) is 73.4 Å². The molecule has 0 spiro atoms. The van der Waals surface area contributed by atoms with Crippen molar-refractivity contribution in [3.8, 4) is 0 Å². The number of allylic oxidation sites excluding steroid dienone is 5. The van der Waals surface area contributed by atoms with Crippen LogP contribution < -0.4 is 5.19 Å². The molecule has 1 aromatic carbocycles. The van der Waals surface area contributed by atoms with E-state index in [-0.39, 0.29) is 0 Å². The second-order valence-corrected chi connectivity index (χ2v) is 11.0. The normalized spacial score (nSPS) is 21.1. The average Bonchev–Trinajstić information content (AvgIpc) is 2.65. The molecule has 86 valence electrons. The van der Waals surface area contributed by atoms with Crippen molar-refractivity contribution in [2.24, 2.45) is 0 Å². The highest BCUT2D eigenvalue weighted by Crippen LogP contribution is 2.39. The first kappa shape index (κ1) is 10.8. The van der Waals surface area contributed by atoms with Gasteiger partial charge in [0.15, 0.2) is 0 Å². The van der Waals surface area contributed by atoms with Crippen molar-refractivity contribution in [1.82, 2.24) is 0 Å². The molecule has 0 saturated carbocycles. The summed E-state index contributed by atoms with van der Waals surface area (Å²) in [6, 6.07) is 7.09. The highest BCUT2D eigenvalue weighted by molar-refractivity contribution is 6.88. The zero-order valence-electron chi connectivity index (χ0n) is 10.7. The van der Waals surface area contributed by atoms with E-state index in [0.29, 0.717) is 5.92 Å². The Balaban J connectivity index is 2.10. The van der Waals surface area contributed by atoms with Gasteiger partial charge in [0.2, 0.25) is 0 Å². The zero-order valence-corrected chi connectivity index (χ0v) is 11.7. The number of fused-ring (bicyclic) bond motifs is 3. The molecule has 17 heavy (non-hydrogen) atoms. The molecule has 0 heterocycles. The largest absolute Gasteiger partial charge is 0.0776 e. The van der Waals surface area contributed by atoms with Crippen LogP contribution in [0.4, 0.5) is 0 Å². The van der Waals surface area contributed by atoms with E-state index in [9.17, 15) is 0 Å². The first-order valence-corrected chi connectivity index (χ1v) is 9.76. The molecule has 0 aromatic heterocycles. The van der Waals surface area contributed by atoms with E-state index in [2.05, 4.69) is 68.2 Å². The van der Waals surface area contributed by atoms with Gasteiger partial charge in [0.1, 0.15) is 0 Å². The summed E-state index contributed by atoms with van der Waals surface area (Å²) in [5.74, 6) is 0.505. The smallest absolute Gasteiger partial charge is 0.0726 e. The Morgan fingerprint density at radius 2 is 1.88 bits per heavy atom. The van der Waals surface area contributed by atoms with Crippen LogP contribution in [0.15, 0.2) is 48.1 Å². The minimum atomic E-state index is -1.19. The number of rotatable bonds is 1. The highest BCUT2D eigenvalue weighted by atomic mass is 28.3. The van der Waals surface area contributed by atoms with Crippen LogP contribution in [0, 0.1) is 0 Å². The van der Waals surface area contributed by atoms with Crippen LogP contribution in [0.3, 0.4) is 0 Å². The van der Waals surface area contributed by atoms with Gasteiger partial charge in [-0.3, -0.25) is 0 Å². The molecule has 2 aliphatic carbocycles. The van der Waals surface area contributed by atoms with E-state index < -0.39 is 8.07 Å². The van der Waals surface area contributed by atoms with Crippen LogP contribution in [0.1, 0.15) is 17.0 Å². The summed E-state index contributed by atoms with van der Waals surface area (Å²) in [6.45, 7) is 7.22. The van der Waals surface area contributed by atoms with Crippen LogP contribution in [0.25, 0.3) is 6.08 Å². The van der Waals surface area contributed by atoms with Gasteiger partial charge in [-0.25, -0.2) is 0 Å². The predicted octanol–water partition coefficient (Wildman–Crippen LogP) is 3.84. The van der Waals surface area contributed by atoms with Gasteiger partial charge >= 0.3 is 0 Å². The first-order chi connectivity index (χ1) is 8.05. The Morgan fingerprint density at radius 1 is 1.06 bits per heavy atom. The summed E-state index contributed by atoms with van der Waals surface area (Å²) in [7, 11) is -1.19. The summed E-state index contributed by atoms with van der Waals surface area (Å²) in [5, 5.41) is 1.56. The van der Waals surface area contributed by atoms with E-state index in [1.165, 1.54) is 16.7 Å². The molecular weight excluding hydrogens is 220 g/mol. The molecule has 1 heteroatoms. The standard InChI is InChI=1S/C16H18Si/c1-17(2,3)14-8-9-16-13(11-14)10-12-6-4-5-7-15(12)16/h4-11,15H,1-3H3. The summed E-state index contributed by atoms with van der Waals surface area (Å²) in [5.41, 5.74) is 4.35. The number of hydrogen-bond acceptors (Lipinski definition) is 0. The molecule has 1 atom stereocenters. The highest BCUT2D eigenvalue weighted by Gasteiger charge is 2.25. The second-order valence-electron chi connectivity index (χ2n) is 5.96. The van der Waals surface area contributed by atoms with E-state index in [1.807, 2.05) is 0 Å². The van der Waals surface area contributed by atoms with Gasteiger partial charge in [0.25, 0.3) is 0 Å². The molecule has 0 saturated heterocycles. The SMILES string of the molecule is C[Si](C)(C)c1ccc2c(c1)C=C1C=CC=CC12. The topological polar surface area (TPSA) is 0 Å². The van der Waals surface area contributed by atoms with Gasteiger partial charge in [-0.05, 0) is 16.7 Å². The fraction of sp³-hybridized carbons (Fsp3) is 0.250. The van der Waals surface area contributed by atoms with Gasteiger partial charge in [0, 0.05) is 5.92 Å². The maximum atomic E-state index is 2.41. The molecule has 0 N–H and O–H groups in total. The monoisotopic (exact) mass is 238 g/mol. The maximum Gasteiger partial charge on any atom is 0.0776 e. The Morgan fingerprint density at radius 3 is 2.65 bits per heavy atom. The summed E-state index contributed by atoms with van der Waals surface area (Å²) in [4.78, 5) is 0. The number of hydrogen-bond donors (Lipinski definition) is 0. The van der Waals surface area contributed by atoms with Crippen LogP contribution in [-0.2, 0) is 0 Å². The first-order valence-electron chi connectivity index (χ1n) is 6.26. The fourth-order valence-electron chi connectivity index (χ4n) is 2.61. The van der Waals surface area contributed by atoms with Crippen LogP contribution in [-0.4, -0.2) is 8.07 Å². The van der Waals surface area contributed by atoms with E-state index in [4.69, 9.17) is 0 Å². The van der Waals surface area contributed by atoms with E-state index >= 15 is 0 Å². The minimum absolute atomic E-state index is 0.505. The molecule has 0 fully saturated rings. The molecule has 2 aliphatic rings. The molecule has 0 radical (unpaired) electrons. The predicted molar refractivity (Wildman–Crippen MR) is 78.4 cm³/mol. The Kier molecular flexibility index (Phi) is 2.27. The molecule has 0 bridgehead atoms. The summed E-state index contributed by atoms with van der Waals surface area (Å²) in [6.07, 6.45) is 11.2. The Bertz CT molecular complexity index is 553. The van der Waals surface area contributed by atoms with Crippen molar-refractivity contribution >= 4 is 19.3 Å². The molecule has 0 amide bonds. The lowest BCUT2D eigenvalue weighted by Crippen LogP contribution is -2.37. The molecule has 0 aliphatic heterocycles. The van der Waals surface area contributed by atoms with Crippen molar-refractivity contribution in [3.05, 3.63) is 59.2 Å². The lowest BCUT2D eigenvalue weighted by atomic mass is 9.92. The second kappa shape index (κ2) is 3.57. The number of benzene rings is 1. The van der Waals surface area contributed by atoms with Crippen molar-refractivity contribution in [3.63, 3.8) is 0 Å². The summed E-state index contributed by atoms with van der Waals surface area (Å²) < 4.78 is 0. The fourth-order valence-corrected chi connectivity index (χ4v) is 3.78. The van der Waals surface area contributed by atoms with Gasteiger partial charge in [-0.15, -0.1) is 0 Å². The van der Waals surface area contributed by atoms with Gasteiger partial charge in [-0.2, -0.15) is 0 Å². The third-order valence-electron chi connectivity index (χ3n) is 3.67. The third kappa shape index (κ3) is 1.75. The van der Waals surface area contributed by atoms with Crippen molar-refractivity contribution < 1.29 is 0 Å². The molecule has 1 aromatic rings. The van der Waals surface area contributed by atoms with Crippen LogP contribution in [0.2, 0.25) is 19.6 Å². The maximum absolute atomic E-state index is 2.41. The van der Waals surface area contributed by atoms with E-state index in [0.717, 1.165) is 0 Å². The zero-order chi connectivity index (χ0) is 12.0. The van der Waals surface area contributed by atoms with Crippen molar-refractivity contribution in [2.45, 2.75) is 25.6 Å². The van der Waals surface area contributed by atoms with Crippen molar-refractivity contribution in [2.75, 3.05) is 0 Å².